The van der Waals surface area contributed by atoms with Gasteiger partial charge in [0, 0.05) is 12.1 Å². The van der Waals surface area contributed by atoms with Crippen LogP contribution in [-0.4, -0.2) is 9.85 Å². The number of hydrogen-bond donors (Lipinski definition) is 1. The highest BCUT2D eigenvalue weighted by Crippen LogP contribution is 2.20. The molecule has 1 N–H and O–H groups in total. The van der Waals surface area contributed by atoms with E-state index in [2.05, 4.69) is 11.4 Å². The molecule has 0 amide bonds. The molecule has 0 unspecified atom stereocenters. The Balaban J connectivity index is 2.47. The van der Waals surface area contributed by atoms with Crippen LogP contribution >= 0.6 is 24.4 Å². The average molecular weight is 193 g/mol. The fraction of sp³-hybridized carbons (Fsp3) is 0.111. The fourth-order valence-electron chi connectivity index (χ4n) is 1.24. The molecule has 0 fully saturated rings. The Labute approximate surface area is 81.8 Å². The Morgan fingerprint density at radius 1 is 1.17 bits per heavy atom. The van der Waals surface area contributed by atoms with E-state index in [1.165, 1.54) is 5.56 Å². The lowest BCUT2D eigenvalue weighted by molar-refractivity contribution is 1.34. The van der Waals surface area contributed by atoms with Crippen molar-refractivity contribution < 1.29 is 0 Å². The van der Waals surface area contributed by atoms with Crippen molar-refractivity contribution in [3.8, 4) is 0 Å². The Morgan fingerprint density at radius 2 is 1.92 bits per heavy atom. The van der Waals surface area contributed by atoms with Gasteiger partial charge in [0.05, 0.1) is 4.86 Å². The van der Waals surface area contributed by atoms with E-state index in [4.69, 9.17) is 24.4 Å². The maximum absolute atomic E-state index is 5.10. The summed E-state index contributed by atoms with van der Waals surface area (Å²) < 4.78 is 0. The number of thiocarbonyl (C=S) groups is 2. The number of para-hydroxylation sites is 1. The van der Waals surface area contributed by atoms with Crippen molar-refractivity contribution in [3.63, 3.8) is 0 Å². The molecule has 0 saturated carbocycles. The van der Waals surface area contributed by atoms with Gasteiger partial charge in [-0.15, -0.1) is 0 Å². The van der Waals surface area contributed by atoms with Crippen molar-refractivity contribution in [2.75, 3.05) is 5.32 Å². The van der Waals surface area contributed by atoms with Crippen LogP contribution in [0.3, 0.4) is 0 Å². The fourth-order valence-corrected chi connectivity index (χ4v) is 1.63. The highest BCUT2D eigenvalue weighted by Gasteiger charge is 2.15. The van der Waals surface area contributed by atoms with Gasteiger partial charge in [-0.25, -0.2) is 0 Å². The zero-order valence-electron chi connectivity index (χ0n) is 6.33. The van der Waals surface area contributed by atoms with Crippen molar-refractivity contribution >= 4 is 40.0 Å². The van der Waals surface area contributed by atoms with E-state index >= 15 is 0 Å². The molecule has 0 aromatic heterocycles. The minimum atomic E-state index is 0.698. The van der Waals surface area contributed by atoms with Crippen LogP contribution in [0.15, 0.2) is 24.3 Å². The van der Waals surface area contributed by atoms with Gasteiger partial charge in [0.1, 0.15) is 4.99 Å². The number of fused-ring (bicyclic) bond motifs is 1. The summed E-state index contributed by atoms with van der Waals surface area (Å²) in [6.45, 7) is 0. The van der Waals surface area contributed by atoms with Crippen LogP contribution in [-0.2, 0) is 6.42 Å². The van der Waals surface area contributed by atoms with Crippen molar-refractivity contribution in [1.29, 1.82) is 0 Å². The zero-order valence-corrected chi connectivity index (χ0v) is 7.97. The maximum Gasteiger partial charge on any atom is 0.118 e. The number of nitrogens with one attached hydrogen (secondary N) is 1. The van der Waals surface area contributed by atoms with E-state index in [0.717, 1.165) is 17.0 Å². The topological polar surface area (TPSA) is 12.0 Å². The SMILES string of the molecule is S=C1Cc2ccccc2NC1=S. The molecule has 2 rings (SSSR count). The van der Waals surface area contributed by atoms with Crippen molar-refractivity contribution in [2.24, 2.45) is 0 Å². The first-order valence-corrected chi connectivity index (χ1v) is 4.51. The molecule has 60 valence electrons. The van der Waals surface area contributed by atoms with E-state index in [1.54, 1.807) is 0 Å². The monoisotopic (exact) mass is 193 g/mol. The molecule has 1 heterocycles. The lowest BCUT2D eigenvalue weighted by Gasteiger charge is -2.18. The summed E-state index contributed by atoms with van der Waals surface area (Å²) in [6, 6.07) is 8.08. The van der Waals surface area contributed by atoms with E-state index in [0.29, 0.717) is 4.99 Å². The zero-order chi connectivity index (χ0) is 8.55. The van der Waals surface area contributed by atoms with Crippen molar-refractivity contribution in [1.82, 2.24) is 0 Å². The molecule has 1 aromatic rings. The summed E-state index contributed by atoms with van der Waals surface area (Å²) in [5, 5.41) is 3.10. The number of rotatable bonds is 0. The van der Waals surface area contributed by atoms with E-state index in [9.17, 15) is 0 Å². The van der Waals surface area contributed by atoms with E-state index in [1.807, 2.05) is 18.2 Å². The summed E-state index contributed by atoms with van der Waals surface area (Å²) in [5.41, 5.74) is 2.33. The van der Waals surface area contributed by atoms with E-state index < -0.39 is 0 Å². The van der Waals surface area contributed by atoms with Crippen LogP contribution in [0.4, 0.5) is 5.69 Å². The summed E-state index contributed by atoms with van der Waals surface area (Å²) in [7, 11) is 0. The van der Waals surface area contributed by atoms with Gasteiger partial charge in [0.2, 0.25) is 0 Å². The lowest BCUT2D eigenvalue weighted by atomic mass is 10.0. The maximum atomic E-state index is 5.10. The molecule has 1 aliphatic heterocycles. The van der Waals surface area contributed by atoms with Gasteiger partial charge >= 0.3 is 0 Å². The Bertz CT molecular complexity index is 322. The predicted molar refractivity (Wildman–Crippen MR) is 59.0 cm³/mol. The van der Waals surface area contributed by atoms with Crippen LogP contribution in [0.25, 0.3) is 0 Å². The minimum Gasteiger partial charge on any atom is -0.345 e. The standard InChI is InChI=1S/C9H7NS2/c11-8-5-6-3-1-2-4-7(6)10-9(8)12/h1-4H,5H2,(H,10,12). The normalized spacial score (nSPS) is 15.3. The number of anilines is 1. The summed E-state index contributed by atoms with van der Waals surface area (Å²) in [5.74, 6) is 0. The third kappa shape index (κ3) is 1.26. The highest BCUT2D eigenvalue weighted by atomic mass is 32.1. The first-order chi connectivity index (χ1) is 5.77. The average Bonchev–Trinajstić information content (AvgIpc) is 2.07. The molecule has 3 heteroatoms. The van der Waals surface area contributed by atoms with Gasteiger partial charge in [-0.2, -0.15) is 0 Å². The Hall–Kier alpha value is -0.800. The molecule has 0 spiro atoms. The Kier molecular flexibility index (Phi) is 1.90. The van der Waals surface area contributed by atoms with Crippen molar-refractivity contribution in [3.05, 3.63) is 29.8 Å². The second kappa shape index (κ2) is 2.92. The van der Waals surface area contributed by atoms with Gasteiger partial charge in [-0.05, 0) is 11.6 Å². The lowest BCUT2D eigenvalue weighted by Crippen LogP contribution is -2.26. The molecule has 1 aliphatic rings. The molecule has 0 bridgehead atoms. The van der Waals surface area contributed by atoms with Gasteiger partial charge in [-0.3, -0.25) is 0 Å². The smallest absolute Gasteiger partial charge is 0.118 e. The van der Waals surface area contributed by atoms with Crippen molar-refractivity contribution in [2.45, 2.75) is 6.42 Å². The molecule has 0 saturated heterocycles. The predicted octanol–water partition coefficient (Wildman–Crippen LogP) is 2.35. The highest BCUT2D eigenvalue weighted by molar-refractivity contribution is 7.89. The van der Waals surface area contributed by atoms with Crippen LogP contribution in [0, 0.1) is 0 Å². The summed E-state index contributed by atoms with van der Waals surface area (Å²) in [4.78, 5) is 1.53. The molecular formula is C9H7NS2. The summed E-state index contributed by atoms with van der Waals surface area (Å²) >= 11 is 10.2. The van der Waals surface area contributed by atoms with Gasteiger partial charge in [0.15, 0.2) is 0 Å². The quantitative estimate of drug-likeness (QED) is 0.635. The third-order valence-electron chi connectivity index (χ3n) is 1.87. The minimum absolute atomic E-state index is 0.698. The number of hydrogen-bond acceptors (Lipinski definition) is 2. The second-order valence-electron chi connectivity index (χ2n) is 2.71. The van der Waals surface area contributed by atoms with E-state index in [-0.39, 0.29) is 0 Å². The first kappa shape index (κ1) is 7.83. The molecule has 1 aromatic carbocycles. The molecular weight excluding hydrogens is 186 g/mol. The molecule has 0 radical (unpaired) electrons. The van der Waals surface area contributed by atoms with Gasteiger partial charge in [-0.1, -0.05) is 42.6 Å². The van der Waals surface area contributed by atoms with Gasteiger partial charge < -0.3 is 5.32 Å². The molecule has 0 atom stereocenters. The largest absolute Gasteiger partial charge is 0.345 e. The van der Waals surface area contributed by atoms with Crippen LogP contribution in [0.2, 0.25) is 0 Å². The second-order valence-corrected chi connectivity index (χ2v) is 3.61. The summed E-state index contributed by atoms with van der Waals surface area (Å²) in [6.07, 6.45) is 0.803. The third-order valence-corrected chi connectivity index (χ3v) is 2.70. The number of benzene rings is 1. The van der Waals surface area contributed by atoms with Crippen LogP contribution < -0.4 is 5.32 Å². The Morgan fingerprint density at radius 3 is 2.75 bits per heavy atom. The molecule has 0 aliphatic carbocycles. The van der Waals surface area contributed by atoms with Gasteiger partial charge in [0.25, 0.3) is 0 Å². The molecule has 12 heavy (non-hydrogen) atoms. The van der Waals surface area contributed by atoms with Crippen LogP contribution in [0.1, 0.15) is 5.56 Å². The first-order valence-electron chi connectivity index (χ1n) is 3.69. The van der Waals surface area contributed by atoms with Crippen LogP contribution in [0.5, 0.6) is 0 Å². The molecule has 1 nitrogen and oxygen atoms in total.